The number of aliphatic hydroxyl groups excluding tert-OH is 4. The van der Waals surface area contributed by atoms with Crippen molar-refractivity contribution in [3.05, 3.63) is 34.9 Å². The van der Waals surface area contributed by atoms with Crippen LogP contribution in [-0.4, -0.2) is 190 Å². The number of carboxylic acid groups (broad SMARTS) is 1. The number of carboxylic acids is 1. The number of aliphatic hydroxyl groups is 4. The number of aliphatic carboxylic acids is 1. The van der Waals surface area contributed by atoms with Crippen molar-refractivity contribution in [1.82, 2.24) is 21.3 Å². The van der Waals surface area contributed by atoms with E-state index in [-0.39, 0.29) is 51.0 Å². The molecule has 58 heavy (non-hydrogen) atoms. The molecule has 2 rings (SSSR count). The van der Waals surface area contributed by atoms with Crippen LogP contribution in [-0.2, 0) is 63.6 Å². The Bertz CT molecular complexity index is 1380. The number of benzene rings is 1. The Morgan fingerprint density at radius 2 is 1.34 bits per heavy atom. The monoisotopic (exact) mass is 852 g/mol. The van der Waals surface area contributed by atoms with Crippen LogP contribution < -0.4 is 21.3 Å². The highest BCUT2D eigenvalue weighted by molar-refractivity contribution is 6.30. The third-order valence-electron chi connectivity index (χ3n) is 8.23. The Morgan fingerprint density at radius 1 is 0.793 bits per heavy atom. The van der Waals surface area contributed by atoms with Crippen LogP contribution >= 0.6 is 11.6 Å². The van der Waals surface area contributed by atoms with Crippen LogP contribution in [0.25, 0.3) is 0 Å². The molecule has 9 N–H and O–H groups in total. The van der Waals surface area contributed by atoms with E-state index in [0.717, 1.165) is 0 Å². The minimum atomic E-state index is -2.57. The maximum absolute atomic E-state index is 12.4. The number of hydrogen-bond acceptors (Lipinski definition) is 16. The molecule has 0 aliphatic carbocycles. The van der Waals surface area contributed by atoms with E-state index in [0.29, 0.717) is 63.4 Å². The first-order valence-electron chi connectivity index (χ1n) is 18.7. The molecule has 21 nitrogen and oxygen atoms in total. The summed E-state index contributed by atoms with van der Waals surface area (Å²) in [4.78, 5) is 59.8. The zero-order valence-corrected chi connectivity index (χ0v) is 33.2. The maximum Gasteiger partial charge on any atom is 0.364 e. The summed E-state index contributed by atoms with van der Waals surface area (Å²) in [5, 5.41) is 62.5. The van der Waals surface area contributed by atoms with Gasteiger partial charge >= 0.3 is 5.97 Å². The highest BCUT2D eigenvalue weighted by Gasteiger charge is 2.55. The number of ether oxygens (including phenoxy) is 7. The van der Waals surface area contributed by atoms with Crippen molar-refractivity contribution in [2.24, 2.45) is 0 Å². The minimum absolute atomic E-state index is 0.0304. The van der Waals surface area contributed by atoms with Crippen LogP contribution in [0.2, 0.25) is 5.02 Å². The Hall–Kier alpha value is -3.58. The van der Waals surface area contributed by atoms with Crippen molar-refractivity contribution in [3.8, 4) is 0 Å². The molecule has 1 fully saturated rings. The predicted molar refractivity (Wildman–Crippen MR) is 201 cm³/mol. The molecule has 0 unspecified atom stereocenters. The van der Waals surface area contributed by atoms with Crippen LogP contribution in [0.4, 0.5) is 0 Å². The molecular formula is C36H57ClN4O17. The smallest absolute Gasteiger partial charge is 0.364 e. The third kappa shape index (κ3) is 20.4. The highest BCUT2D eigenvalue weighted by atomic mass is 35.5. The van der Waals surface area contributed by atoms with Gasteiger partial charge in [0.2, 0.25) is 23.6 Å². The van der Waals surface area contributed by atoms with Crippen LogP contribution in [0, 0.1) is 0 Å². The van der Waals surface area contributed by atoms with Gasteiger partial charge in [-0.25, -0.2) is 4.79 Å². The van der Waals surface area contributed by atoms with E-state index in [9.17, 15) is 49.5 Å². The first-order chi connectivity index (χ1) is 27.8. The SMILES string of the molecule is CC(=O)NCCOCCOCCOCCOCCNC(=O)CCOCCO[C@]1(C(=O)O)C[C@H](O)[C@@H](NC(=O)CO)[C@H]([C@H](O)[C@H](O)CNC(=O)Cc2ccc(Cl)cc2)O1. The van der Waals surface area contributed by atoms with Gasteiger partial charge in [0, 0.05) is 44.4 Å². The van der Waals surface area contributed by atoms with Gasteiger partial charge in [-0.3, -0.25) is 19.2 Å². The van der Waals surface area contributed by atoms with E-state index < -0.39 is 80.2 Å². The number of carbonyl (C=O) groups excluding carboxylic acids is 4. The van der Waals surface area contributed by atoms with Crippen LogP contribution in [0.5, 0.6) is 0 Å². The molecule has 1 heterocycles. The Balaban J connectivity index is 1.69. The Kier molecular flexibility index (Phi) is 25.1. The largest absolute Gasteiger partial charge is 0.477 e. The van der Waals surface area contributed by atoms with Gasteiger partial charge < -0.3 is 80.0 Å². The van der Waals surface area contributed by atoms with Crippen molar-refractivity contribution in [3.63, 3.8) is 0 Å². The van der Waals surface area contributed by atoms with Gasteiger partial charge in [0.15, 0.2) is 0 Å². The normalized spacial score (nSPS) is 20.1. The van der Waals surface area contributed by atoms with Gasteiger partial charge in [0.1, 0.15) is 18.8 Å². The first kappa shape index (κ1) is 50.6. The van der Waals surface area contributed by atoms with Crippen molar-refractivity contribution >= 4 is 41.2 Å². The fourth-order valence-electron chi connectivity index (χ4n) is 5.30. The fourth-order valence-corrected chi connectivity index (χ4v) is 5.43. The van der Waals surface area contributed by atoms with Gasteiger partial charge in [-0.2, -0.15) is 0 Å². The standard InChI is InChI=1S/C36H57ClN4O17/c1-24(43)38-7-10-53-12-14-55-16-17-56-15-13-54-11-8-39-29(46)6-9-52-18-19-57-36(35(50)51)21-27(44)32(41-31(48)23-42)34(58-36)33(49)28(45)22-40-30(47)20-25-2-4-26(37)5-3-25/h2-5,27-28,32-34,42,44-45,49H,6-23H2,1H3,(H,38,43)(H,39,46)(H,40,47)(H,41,48)(H,50,51)/t27-,28+,32+,33+,34+,36+/m0/s1. The summed E-state index contributed by atoms with van der Waals surface area (Å²) in [6, 6.07) is 4.95. The van der Waals surface area contributed by atoms with Gasteiger partial charge in [-0.1, -0.05) is 23.7 Å². The molecule has 0 radical (unpaired) electrons. The Labute approximate surface area is 340 Å². The van der Waals surface area contributed by atoms with Crippen LogP contribution in [0.1, 0.15) is 25.3 Å². The van der Waals surface area contributed by atoms with Crippen molar-refractivity contribution in [2.75, 3.05) is 98.9 Å². The van der Waals surface area contributed by atoms with E-state index in [4.69, 9.17) is 44.8 Å². The van der Waals surface area contributed by atoms with Gasteiger partial charge in [0.05, 0.1) is 97.3 Å². The molecule has 4 amide bonds. The lowest BCUT2D eigenvalue weighted by molar-refractivity contribution is -0.312. The molecule has 0 bridgehead atoms. The number of carbonyl (C=O) groups is 5. The van der Waals surface area contributed by atoms with Crippen LogP contribution in [0.3, 0.4) is 0 Å². The molecule has 0 saturated carbocycles. The van der Waals surface area contributed by atoms with Gasteiger partial charge in [0.25, 0.3) is 5.79 Å². The van der Waals surface area contributed by atoms with E-state index in [1.165, 1.54) is 6.92 Å². The highest BCUT2D eigenvalue weighted by Crippen LogP contribution is 2.33. The number of rotatable bonds is 31. The molecule has 1 aromatic rings. The Morgan fingerprint density at radius 3 is 1.91 bits per heavy atom. The lowest BCUT2D eigenvalue weighted by Crippen LogP contribution is -2.68. The molecule has 330 valence electrons. The molecule has 1 aliphatic rings. The molecule has 6 atom stereocenters. The number of amides is 4. The second-order valence-electron chi connectivity index (χ2n) is 12.8. The number of nitrogens with one attached hydrogen (secondary N) is 4. The van der Waals surface area contributed by atoms with E-state index in [1.54, 1.807) is 24.3 Å². The zero-order valence-electron chi connectivity index (χ0n) is 32.4. The summed E-state index contributed by atoms with van der Waals surface area (Å²) in [5.41, 5.74) is 0.619. The summed E-state index contributed by atoms with van der Waals surface area (Å²) < 4.78 is 38.0. The molecule has 1 saturated heterocycles. The molecule has 0 aromatic heterocycles. The maximum atomic E-state index is 12.4. The van der Waals surface area contributed by atoms with Gasteiger partial charge in [-0.05, 0) is 17.7 Å². The second kappa shape index (κ2) is 28.8. The summed E-state index contributed by atoms with van der Waals surface area (Å²) in [6.07, 6.45) is -8.12. The lowest BCUT2D eigenvalue weighted by Gasteiger charge is -2.46. The average molecular weight is 853 g/mol. The predicted octanol–water partition coefficient (Wildman–Crippen LogP) is -3.13. The van der Waals surface area contributed by atoms with Crippen LogP contribution in [0.15, 0.2) is 24.3 Å². The topological polar surface area (TPSA) is 299 Å². The zero-order chi connectivity index (χ0) is 42.8. The van der Waals surface area contributed by atoms with Crippen molar-refractivity contribution < 1.29 is 82.7 Å². The van der Waals surface area contributed by atoms with E-state index in [2.05, 4.69) is 21.3 Å². The molecule has 1 aromatic carbocycles. The first-order valence-corrected chi connectivity index (χ1v) is 19.1. The summed E-state index contributed by atoms with van der Waals surface area (Å²) in [7, 11) is 0. The lowest BCUT2D eigenvalue weighted by atomic mass is 9.88. The summed E-state index contributed by atoms with van der Waals surface area (Å²) in [6.45, 7) is 2.80. The van der Waals surface area contributed by atoms with Crippen molar-refractivity contribution in [2.45, 2.75) is 62.4 Å². The molecule has 0 spiro atoms. The summed E-state index contributed by atoms with van der Waals surface area (Å²) in [5.74, 6) is -6.22. The average Bonchev–Trinajstić information content (AvgIpc) is 3.19. The number of halogens is 1. The van der Waals surface area contributed by atoms with E-state index in [1.807, 2.05) is 0 Å². The third-order valence-corrected chi connectivity index (χ3v) is 8.48. The summed E-state index contributed by atoms with van der Waals surface area (Å²) >= 11 is 5.86. The fraction of sp³-hybridized carbons (Fsp3) is 0.694. The second-order valence-corrected chi connectivity index (χ2v) is 13.3. The minimum Gasteiger partial charge on any atom is -0.477 e. The molecule has 22 heteroatoms. The van der Waals surface area contributed by atoms with Crippen molar-refractivity contribution in [1.29, 1.82) is 0 Å². The van der Waals surface area contributed by atoms with E-state index >= 15 is 0 Å². The van der Waals surface area contributed by atoms with Gasteiger partial charge in [-0.15, -0.1) is 0 Å². The molecule has 1 aliphatic heterocycles. The molecular weight excluding hydrogens is 796 g/mol. The quantitative estimate of drug-likeness (QED) is 0.0334. The number of hydrogen-bond donors (Lipinski definition) is 9.